The van der Waals surface area contributed by atoms with Crippen LogP contribution in [0.15, 0.2) is 23.0 Å². The second-order valence-corrected chi connectivity index (χ2v) is 3.60. The number of hydrogen-bond donors (Lipinski definition) is 3. The van der Waals surface area contributed by atoms with Gasteiger partial charge >= 0.3 is 0 Å². The van der Waals surface area contributed by atoms with Crippen molar-refractivity contribution in [3.8, 4) is 11.3 Å². The van der Waals surface area contributed by atoms with Gasteiger partial charge in [0.1, 0.15) is 11.6 Å². The molecule has 17 heavy (non-hydrogen) atoms. The average molecular weight is 239 g/mol. The first-order chi connectivity index (χ1) is 8.13. The summed E-state index contributed by atoms with van der Waals surface area (Å²) in [6.45, 7) is 0.255. The van der Waals surface area contributed by atoms with E-state index in [1.165, 1.54) is 0 Å². The summed E-state index contributed by atoms with van der Waals surface area (Å²) in [5.41, 5.74) is 5.60. The first-order valence-corrected chi connectivity index (χ1v) is 5.08. The standard InChI is InChI=1S/C11H11F2N3O/c12-6-1-2-9(13)8(5-6)10-7(3-4-14)11(17)16-15-10/h1-2,5H,3-4,14H2,(H2,15,16,17). The topological polar surface area (TPSA) is 74.7 Å². The molecule has 0 aliphatic rings. The fraction of sp³-hybridized carbons (Fsp3) is 0.182. The first kappa shape index (κ1) is 11.5. The van der Waals surface area contributed by atoms with Crippen LogP contribution in [0.3, 0.4) is 0 Å². The van der Waals surface area contributed by atoms with Gasteiger partial charge in [0, 0.05) is 11.1 Å². The maximum absolute atomic E-state index is 13.6. The lowest BCUT2D eigenvalue weighted by Gasteiger charge is -2.03. The molecule has 0 aliphatic carbocycles. The van der Waals surface area contributed by atoms with Gasteiger partial charge < -0.3 is 5.73 Å². The summed E-state index contributed by atoms with van der Waals surface area (Å²) in [6, 6.07) is 3.07. The van der Waals surface area contributed by atoms with Gasteiger partial charge in [0.25, 0.3) is 5.56 Å². The highest BCUT2D eigenvalue weighted by atomic mass is 19.1. The normalized spacial score (nSPS) is 10.8. The van der Waals surface area contributed by atoms with Crippen LogP contribution >= 0.6 is 0 Å². The van der Waals surface area contributed by atoms with Crippen molar-refractivity contribution in [2.45, 2.75) is 6.42 Å². The van der Waals surface area contributed by atoms with E-state index in [1.54, 1.807) is 0 Å². The van der Waals surface area contributed by atoms with E-state index in [-0.39, 0.29) is 23.4 Å². The Kier molecular flexibility index (Phi) is 3.06. The predicted octanol–water partition coefficient (Wildman–Crippen LogP) is 1.15. The van der Waals surface area contributed by atoms with Crippen molar-refractivity contribution in [3.05, 3.63) is 45.8 Å². The molecular formula is C11H11F2N3O. The van der Waals surface area contributed by atoms with Gasteiger partial charge in [0.15, 0.2) is 0 Å². The molecule has 0 radical (unpaired) electrons. The van der Waals surface area contributed by atoms with Crippen molar-refractivity contribution < 1.29 is 8.78 Å². The number of nitrogens with two attached hydrogens (primary N) is 1. The monoisotopic (exact) mass is 239 g/mol. The van der Waals surface area contributed by atoms with Crippen LogP contribution in [0, 0.1) is 11.6 Å². The second kappa shape index (κ2) is 4.50. The minimum atomic E-state index is -0.597. The van der Waals surface area contributed by atoms with Gasteiger partial charge in [0.2, 0.25) is 0 Å². The van der Waals surface area contributed by atoms with E-state index in [1.807, 2.05) is 0 Å². The summed E-state index contributed by atoms with van der Waals surface area (Å²) in [7, 11) is 0. The maximum Gasteiger partial charge on any atom is 0.267 e. The van der Waals surface area contributed by atoms with Crippen molar-refractivity contribution in [3.63, 3.8) is 0 Å². The lowest BCUT2D eigenvalue weighted by Crippen LogP contribution is -2.12. The van der Waals surface area contributed by atoms with Crippen LogP contribution in [0.2, 0.25) is 0 Å². The third-order valence-electron chi connectivity index (χ3n) is 2.47. The second-order valence-electron chi connectivity index (χ2n) is 3.60. The lowest BCUT2D eigenvalue weighted by atomic mass is 10.1. The predicted molar refractivity (Wildman–Crippen MR) is 59.5 cm³/mol. The molecule has 0 aliphatic heterocycles. The quantitative estimate of drug-likeness (QED) is 0.751. The smallest absolute Gasteiger partial charge is 0.267 e. The van der Waals surface area contributed by atoms with Crippen molar-refractivity contribution in [1.29, 1.82) is 0 Å². The fourth-order valence-corrected chi connectivity index (χ4v) is 1.69. The van der Waals surface area contributed by atoms with Gasteiger partial charge in [-0.3, -0.25) is 15.0 Å². The highest BCUT2D eigenvalue weighted by Crippen LogP contribution is 2.23. The summed E-state index contributed by atoms with van der Waals surface area (Å²) in [5, 5.41) is 4.89. The van der Waals surface area contributed by atoms with Crippen LogP contribution in [0.5, 0.6) is 0 Å². The molecule has 1 heterocycles. The van der Waals surface area contributed by atoms with Crippen molar-refractivity contribution in [2.24, 2.45) is 5.73 Å². The van der Waals surface area contributed by atoms with Crippen molar-refractivity contribution in [2.75, 3.05) is 6.54 Å². The molecule has 2 rings (SSSR count). The van der Waals surface area contributed by atoms with E-state index in [0.717, 1.165) is 18.2 Å². The molecule has 6 heteroatoms. The Hall–Kier alpha value is -1.95. The summed E-state index contributed by atoms with van der Waals surface area (Å²) in [4.78, 5) is 11.4. The van der Waals surface area contributed by atoms with E-state index in [4.69, 9.17) is 5.73 Å². The van der Waals surface area contributed by atoms with Crippen LogP contribution in [-0.2, 0) is 6.42 Å². The molecule has 4 nitrogen and oxygen atoms in total. The van der Waals surface area contributed by atoms with Gasteiger partial charge in [-0.25, -0.2) is 8.78 Å². The molecule has 0 fully saturated rings. The molecule has 0 saturated carbocycles. The molecule has 4 N–H and O–H groups in total. The minimum Gasteiger partial charge on any atom is -0.330 e. The zero-order valence-electron chi connectivity index (χ0n) is 8.89. The highest BCUT2D eigenvalue weighted by Gasteiger charge is 2.15. The van der Waals surface area contributed by atoms with E-state index < -0.39 is 11.6 Å². The summed E-state index contributed by atoms with van der Waals surface area (Å²) < 4.78 is 26.6. The van der Waals surface area contributed by atoms with E-state index >= 15 is 0 Å². The zero-order valence-corrected chi connectivity index (χ0v) is 8.89. The molecule has 1 aromatic carbocycles. The largest absolute Gasteiger partial charge is 0.330 e. The van der Waals surface area contributed by atoms with Crippen LogP contribution in [0.4, 0.5) is 8.78 Å². The highest BCUT2D eigenvalue weighted by molar-refractivity contribution is 5.63. The number of rotatable bonds is 3. The number of aromatic nitrogens is 2. The molecular weight excluding hydrogens is 228 g/mol. The maximum atomic E-state index is 13.6. The Morgan fingerprint density at radius 2 is 2.00 bits per heavy atom. The molecule has 0 unspecified atom stereocenters. The molecule has 0 saturated heterocycles. The van der Waals surface area contributed by atoms with Crippen molar-refractivity contribution in [1.82, 2.24) is 10.2 Å². The number of hydrogen-bond acceptors (Lipinski definition) is 2. The minimum absolute atomic E-state index is 0.0202. The Labute approximate surface area is 95.4 Å². The Morgan fingerprint density at radius 1 is 1.24 bits per heavy atom. The molecule has 1 aromatic heterocycles. The van der Waals surface area contributed by atoms with Gasteiger partial charge in [-0.15, -0.1) is 0 Å². The Bertz CT molecular complexity index is 589. The molecule has 0 amide bonds. The number of aromatic amines is 2. The molecule has 0 bridgehead atoms. The van der Waals surface area contributed by atoms with E-state index in [2.05, 4.69) is 10.2 Å². The molecule has 0 atom stereocenters. The third-order valence-corrected chi connectivity index (χ3v) is 2.47. The lowest BCUT2D eigenvalue weighted by molar-refractivity contribution is 0.602. The molecule has 2 aromatic rings. The van der Waals surface area contributed by atoms with Crippen molar-refractivity contribution >= 4 is 0 Å². The van der Waals surface area contributed by atoms with E-state index in [9.17, 15) is 13.6 Å². The van der Waals surface area contributed by atoms with Crippen LogP contribution < -0.4 is 11.3 Å². The average Bonchev–Trinajstić information content (AvgIpc) is 2.65. The summed E-state index contributed by atoms with van der Waals surface area (Å²) in [5.74, 6) is -1.16. The number of H-pyrrole nitrogens is 2. The van der Waals surface area contributed by atoms with Crippen LogP contribution in [-0.4, -0.2) is 16.7 Å². The number of benzene rings is 1. The SMILES string of the molecule is NCCc1c(-c2cc(F)ccc2F)[nH][nH]c1=O. The zero-order chi connectivity index (χ0) is 12.4. The number of halogens is 2. The van der Waals surface area contributed by atoms with Gasteiger partial charge in [0.05, 0.1) is 5.69 Å². The first-order valence-electron chi connectivity index (χ1n) is 5.08. The Balaban J connectivity index is 2.60. The van der Waals surface area contributed by atoms with Gasteiger partial charge in [-0.2, -0.15) is 0 Å². The number of nitrogens with one attached hydrogen (secondary N) is 2. The molecule has 90 valence electrons. The van der Waals surface area contributed by atoms with E-state index in [0.29, 0.717) is 12.0 Å². The van der Waals surface area contributed by atoms with Gasteiger partial charge in [-0.05, 0) is 31.2 Å². The third kappa shape index (κ3) is 2.12. The van der Waals surface area contributed by atoms with Crippen LogP contribution in [0.25, 0.3) is 11.3 Å². The Morgan fingerprint density at radius 3 is 2.71 bits per heavy atom. The molecule has 0 spiro atoms. The van der Waals surface area contributed by atoms with Crippen LogP contribution in [0.1, 0.15) is 5.56 Å². The summed E-state index contributed by atoms with van der Waals surface area (Å²) >= 11 is 0. The van der Waals surface area contributed by atoms with Gasteiger partial charge in [-0.1, -0.05) is 0 Å². The fourth-order valence-electron chi connectivity index (χ4n) is 1.69. The summed E-state index contributed by atoms with van der Waals surface area (Å²) in [6.07, 6.45) is 0.296.